The molecule has 0 bridgehead atoms. The predicted octanol–water partition coefficient (Wildman–Crippen LogP) is 3.33. The van der Waals surface area contributed by atoms with E-state index in [2.05, 4.69) is 11.5 Å². The van der Waals surface area contributed by atoms with E-state index in [1.165, 1.54) is 0 Å². The number of rotatable bonds is 0. The molecule has 80 valence electrons. The summed E-state index contributed by atoms with van der Waals surface area (Å²) in [7, 11) is -1.69. The van der Waals surface area contributed by atoms with E-state index in [1.54, 1.807) is 0 Å². The third-order valence-electron chi connectivity index (χ3n) is 1.57. The normalized spacial score (nSPS) is 10.8. The minimum absolute atomic E-state index is 0.348. The first-order valence-corrected chi connectivity index (χ1v) is 7.97. The molecule has 0 N–H and O–H groups in total. The van der Waals surface area contributed by atoms with Crippen LogP contribution in [0.4, 0.5) is 13.2 Å². The van der Waals surface area contributed by atoms with Crippen molar-refractivity contribution in [3.8, 4) is 11.5 Å². The monoisotopic (exact) mass is 228 g/mol. The molecule has 0 aliphatic rings. The average Bonchev–Trinajstić information content (AvgIpc) is 1.99. The Morgan fingerprint density at radius 3 is 1.87 bits per heavy atom. The Morgan fingerprint density at radius 1 is 1.00 bits per heavy atom. The van der Waals surface area contributed by atoms with Crippen molar-refractivity contribution in [2.24, 2.45) is 0 Å². The Kier molecular flexibility index (Phi) is 3.25. The van der Waals surface area contributed by atoms with Crippen molar-refractivity contribution in [1.82, 2.24) is 0 Å². The molecule has 0 heterocycles. The van der Waals surface area contributed by atoms with Gasteiger partial charge in [0.2, 0.25) is 0 Å². The third-order valence-corrected chi connectivity index (χ3v) is 2.44. The lowest BCUT2D eigenvalue weighted by Gasteiger charge is -2.04. The summed E-state index contributed by atoms with van der Waals surface area (Å²) in [5.41, 5.74) is 2.48. The molecule has 0 spiro atoms. The molecule has 0 aliphatic carbocycles. The first-order valence-electron chi connectivity index (χ1n) is 4.47. The summed E-state index contributed by atoms with van der Waals surface area (Å²) in [6, 6.07) is 1.27. The van der Waals surface area contributed by atoms with Gasteiger partial charge in [0.05, 0.1) is 5.56 Å². The van der Waals surface area contributed by atoms with E-state index in [4.69, 9.17) is 0 Å². The topological polar surface area (TPSA) is 0 Å². The summed E-state index contributed by atoms with van der Waals surface area (Å²) in [6.45, 7) is 5.87. The summed E-state index contributed by atoms with van der Waals surface area (Å²) in [5, 5.41) is 0. The highest BCUT2D eigenvalue weighted by Gasteiger charge is 2.11. The van der Waals surface area contributed by atoms with Crippen molar-refractivity contribution in [1.29, 1.82) is 0 Å². The highest BCUT2D eigenvalue weighted by molar-refractivity contribution is 6.83. The molecule has 1 aromatic rings. The zero-order valence-electron chi connectivity index (χ0n) is 8.79. The van der Waals surface area contributed by atoms with Gasteiger partial charge in [-0.2, -0.15) is 0 Å². The fourth-order valence-electron chi connectivity index (χ4n) is 0.912. The second-order valence-corrected chi connectivity index (χ2v) is 8.99. The molecule has 0 amide bonds. The lowest BCUT2D eigenvalue weighted by molar-refractivity contribution is 0.539. The van der Waals surface area contributed by atoms with Gasteiger partial charge in [-0.15, -0.1) is 5.54 Å². The van der Waals surface area contributed by atoms with Gasteiger partial charge in [-0.25, -0.2) is 13.2 Å². The minimum atomic E-state index is -1.69. The molecular weight excluding hydrogens is 217 g/mol. The van der Waals surface area contributed by atoms with Gasteiger partial charge < -0.3 is 0 Å². The van der Waals surface area contributed by atoms with E-state index in [-0.39, 0.29) is 5.56 Å². The van der Waals surface area contributed by atoms with Gasteiger partial charge in [-0.05, 0) is 0 Å². The molecule has 0 radical (unpaired) electrons. The first-order chi connectivity index (χ1) is 6.79. The Balaban J connectivity index is 3.20. The maximum atomic E-state index is 13.1. The van der Waals surface area contributed by atoms with E-state index in [9.17, 15) is 13.2 Å². The van der Waals surface area contributed by atoms with Crippen LogP contribution in [0.1, 0.15) is 5.56 Å². The molecule has 15 heavy (non-hydrogen) atoms. The van der Waals surface area contributed by atoms with E-state index < -0.39 is 25.5 Å². The van der Waals surface area contributed by atoms with Crippen LogP contribution in [0.25, 0.3) is 0 Å². The van der Waals surface area contributed by atoms with Gasteiger partial charge in [0.1, 0.15) is 25.5 Å². The smallest absolute Gasteiger partial charge is 0.144 e. The summed E-state index contributed by atoms with van der Waals surface area (Å²) >= 11 is 0. The fourth-order valence-corrected chi connectivity index (χ4v) is 1.41. The summed E-state index contributed by atoms with van der Waals surface area (Å²) in [5.74, 6) is -0.376. The number of halogens is 3. The highest BCUT2D eigenvalue weighted by Crippen LogP contribution is 2.13. The molecule has 0 atom stereocenters. The van der Waals surface area contributed by atoms with Crippen LogP contribution in [0.3, 0.4) is 0 Å². The number of hydrogen-bond acceptors (Lipinski definition) is 0. The van der Waals surface area contributed by atoms with Crippen LogP contribution in [-0.2, 0) is 0 Å². The molecule has 0 nitrogen and oxygen atoms in total. The van der Waals surface area contributed by atoms with Crippen molar-refractivity contribution in [3.63, 3.8) is 0 Å². The average molecular weight is 228 g/mol. The van der Waals surface area contributed by atoms with Crippen molar-refractivity contribution in [3.05, 3.63) is 35.1 Å². The van der Waals surface area contributed by atoms with Crippen molar-refractivity contribution in [2.75, 3.05) is 0 Å². The maximum absolute atomic E-state index is 13.1. The summed E-state index contributed by atoms with van der Waals surface area (Å²) < 4.78 is 38.8. The molecule has 1 aromatic carbocycles. The van der Waals surface area contributed by atoms with Crippen LogP contribution in [0, 0.1) is 28.9 Å². The van der Waals surface area contributed by atoms with E-state index in [0.717, 1.165) is 0 Å². The van der Waals surface area contributed by atoms with Crippen LogP contribution in [0.2, 0.25) is 19.6 Å². The fraction of sp³-hybridized carbons (Fsp3) is 0.273. The van der Waals surface area contributed by atoms with E-state index >= 15 is 0 Å². The Bertz CT molecular complexity index is 412. The zero-order valence-corrected chi connectivity index (χ0v) is 9.79. The Labute approximate surface area is 88.1 Å². The van der Waals surface area contributed by atoms with Crippen molar-refractivity contribution >= 4 is 8.07 Å². The predicted molar refractivity (Wildman–Crippen MR) is 56.5 cm³/mol. The lowest BCUT2D eigenvalue weighted by Crippen LogP contribution is -2.16. The van der Waals surface area contributed by atoms with Crippen LogP contribution in [-0.4, -0.2) is 8.07 Å². The quantitative estimate of drug-likeness (QED) is 0.472. The zero-order chi connectivity index (χ0) is 11.6. The standard InChI is InChI=1S/C11H11F3Si/c1-15(2,3)5-4-9-10(13)6-8(12)7-11(9)14/h6-7H,1-3H3. The summed E-state index contributed by atoms with van der Waals surface area (Å²) in [6.07, 6.45) is 0. The maximum Gasteiger partial charge on any atom is 0.144 e. The molecule has 0 aromatic heterocycles. The lowest BCUT2D eigenvalue weighted by atomic mass is 10.2. The van der Waals surface area contributed by atoms with Crippen molar-refractivity contribution in [2.45, 2.75) is 19.6 Å². The van der Waals surface area contributed by atoms with Crippen LogP contribution in [0.5, 0.6) is 0 Å². The number of benzene rings is 1. The molecule has 0 saturated carbocycles. The van der Waals surface area contributed by atoms with Gasteiger partial charge in [0, 0.05) is 12.1 Å². The van der Waals surface area contributed by atoms with Gasteiger partial charge in [0.15, 0.2) is 0 Å². The van der Waals surface area contributed by atoms with Gasteiger partial charge in [-0.1, -0.05) is 25.6 Å². The molecule has 0 saturated heterocycles. The van der Waals surface area contributed by atoms with Crippen molar-refractivity contribution < 1.29 is 13.2 Å². The second-order valence-electron chi connectivity index (χ2n) is 4.24. The molecular formula is C11H11F3Si. The summed E-state index contributed by atoms with van der Waals surface area (Å²) in [4.78, 5) is 0. The molecule has 0 aliphatic heterocycles. The molecule has 4 heteroatoms. The van der Waals surface area contributed by atoms with Gasteiger partial charge in [0.25, 0.3) is 0 Å². The largest absolute Gasteiger partial charge is 0.207 e. The van der Waals surface area contributed by atoms with Gasteiger partial charge in [-0.3, -0.25) is 0 Å². The first kappa shape index (κ1) is 11.9. The molecule has 1 rings (SSSR count). The second kappa shape index (κ2) is 4.11. The van der Waals surface area contributed by atoms with Crippen LogP contribution in [0.15, 0.2) is 12.1 Å². The highest BCUT2D eigenvalue weighted by atomic mass is 28.3. The minimum Gasteiger partial charge on any atom is -0.207 e. The SMILES string of the molecule is C[Si](C)(C)C#Cc1c(F)cc(F)cc1F. The van der Waals surface area contributed by atoms with E-state index in [1.807, 2.05) is 19.6 Å². The van der Waals surface area contributed by atoms with Crippen LogP contribution < -0.4 is 0 Å². The molecule has 0 fully saturated rings. The molecule has 0 unspecified atom stereocenters. The Morgan fingerprint density at radius 2 is 1.47 bits per heavy atom. The van der Waals surface area contributed by atoms with Crippen LogP contribution >= 0.6 is 0 Å². The van der Waals surface area contributed by atoms with Gasteiger partial charge >= 0.3 is 0 Å². The number of hydrogen-bond donors (Lipinski definition) is 0. The van der Waals surface area contributed by atoms with E-state index in [0.29, 0.717) is 12.1 Å². The Hall–Kier alpha value is -1.21. The third kappa shape index (κ3) is 3.44.